The minimum atomic E-state index is -4.66. The summed E-state index contributed by atoms with van der Waals surface area (Å²) in [6.45, 7) is 1.88. The van der Waals surface area contributed by atoms with Gasteiger partial charge in [0, 0.05) is 17.3 Å². The molecule has 0 saturated carbocycles. The summed E-state index contributed by atoms with van der Waals surface area (Å²) >= 11 is 0. The van der Waals surface area contributed by atoms with Gasteiger partial charge >= 0.3 is 12.2 Å². The van der Waals surface area contributed by atoms with Crippen LogP contribution in [0.1, 0.15) is 21.5 Å². The number of carbonyl (C=O) groups is 2. The molecule has 3 aromatic rings. The number of para-hydroxylation sites is 1. The van der Waals surface area contributed by atoms with Crippen molar-refractivity contribution in [2.75, 3.05) is 5.32 Å². The quantitative estimate of drug-likeness (QED) is 0.493. The Labute approximate surface area is 161 Å². The Morgan fingerprint density at radius 3 is 2.34 bits per heavy atom. The highest BCUT2D eigenvalue weighted by molar-refractivity contribution is 5.99. The number of pyridine rings is 1. The second-order valence-electron chi connectivity index (χ2n) is 6.16. The molecule has 4 N–H and O–H groups in total. The van der Waals surface area contributed by atoms with E-state index in [0.717, 1.165) is 23.9 Å². The molecule has 1 aromatic heterocycles. The van der Waals surface area contributed by atoms with Gasteiger partial charge in [0.15, 0.2) is 0 Å². The summed E-state index contributed by atoms with van der Waals surface area (Å²) in [6.07, 6.45) is -3.79. The van der Waals surface area contributed by atoms with E-state index in [9.17, 15) is 27.6 Å². The summed E-state index contributed by atoms with van der Waals surface area (Å²) in [5.74, 6) is -0.982. The van der Waals surface area contributed by atoms with Gasteiger partial charge in [-0.25, -0.2) is 10.2 Å². The molecular weight excluding hydrogens is 389 g/mol. The number of urea groups is 1. The molecule has 7 nitrogen and oxygen atoms in total. The van der Waals surface area contributed by atoms with Crippen LogP contribution in [0.25, 0.3) is 10.9 Å². The van der Waals surface area contributed by atoms with Gasteiger partial charge in [-0.1, -0.05) is 23.8 Å². The molecular formula is C19H15F3N4O3. The van der Waals surface area contributed by atoms with Crippen LogP contribution < -0.4 is 21.6 Å². The number of amides is 3. The Morgan fingerprint density at radius 2 is 1.69 bits per heavy atom. The minimum Gasteiger partial charge on any atom is -0.360 e. The van der Waals surface area contributed by atoms with Crippen molar-refractivity contribution >= 4 is 28.5 Å². The molecule has 10 heteroatoms. The number of H-pyrrole nitrogens is 1. The maximum atomic E-state index is 13.1. The number of fused-ring (bicyclic) bond motifs is 1. The Morgan fingerprint density at radius 1 is 1.00 bits per heavy atom. The summed E-state index contributed by atoms with van der Waals surface area (Å²) < 4.78 is 39.2. The summed E-state index contributed by atoms with van der Waals surface area (Å²) in [4.78, 5) is 38.8. The van der Waals surface area contributed by atoms with E-state index in [-0.39, 0.29) is 5.39 Å². The minimum absolute atomic E-state index is 0.295. The second-order valence-corrected chi connectivity index (χ2v) is 6.16. The molecule has 0 bridgehead atoms. The number of hydrogen-bond acceptors (Lipinski definition) is 3. The molecule has 0 atom stereocenters. The molecule has 150 valence electrons. The molecule has 3 amide bonds. The third-order valence-electron chi connectivity index (χ3n) is 4.06. The highest BCUT2D eigenvalue weighted by Gasteiger charge is 2.33. The van der Waals surface area contributed by atoms with E-state index in [0.29, 0.717) is 5.69 Å². The second kappa shape index (κ2) is 7.66. The zero-order valence-corrected chi connectivity index (χ0v) is 15.0. The summed E-state index contributed by atoms with van der Waals surface area (Å²) in [5.41, 5.74) is 2.79. The standard InChI is InChI=1S/C19H15F3N4O3/c1-10-5-7-11(8-6-10)24-18(29)26-25-17(28)13-9-23-15-12(16(13)27)3-2-4-14(15)19(20,21)22/h2-9H,1H3,(H,23,27)(H,25,28)(H2,24,26,29). The third kappa shape index (κ3) is 4.37. The number of hydrogen-bond donors (Lipinski definition) is 4. The number of anilines is 1. The average Bonchev–Trinajstić information content (AvgIpc) is 2.67. The normalized spacial score (nSPS) is 11.2. The van der Waals surface area contributed by atoms with Crippen LogP contribution >= 0.6 is 0 Å². The van der Waals surface area contributed by atoms with E-state index in [1.54, 1.807) is 24.3 Å². The van der Waals surface area contributed by atoms with Crippen LogP contribution in [0.2, 0.25) is 0 Å². The molecule has 0 spiro atoms. The van der Waals surface area contributed by atoms with Crippen molar-refractivity contribution in [3.05, 3.63) is 75.6 Å². The fourth-order valence-corrected chi connectivity index (χ4v) is 2.64. The van der Waals surface area contributed by atoms with Crippen molar-refractivity contribution in [3.63, 3.8) is 0 Å². The Kier molecular flexibility index (Phi) is 5.26. The molecule has 0 radical (unpaired) electrons. The molecule has 29 heavy (non-hydrogen) atoms. The van der Waals surface area contributed by atoms with Crippen LogP contribution in [0.3, 0.4) is 0 Å². The van der Waals surface area contributed by atoms with Gasteiger partial charge in [-0.3, -0.25) is 15.0 Å². The predicted molar refractivity (Wildman–Crippen MR) is 100 cm³/mol. The van der Waals surface area contributed by atoms with Crippen LogP contribution in [-0.4, -0.2) is 16.9 Å². The molecule has 2 aromatic carbocycles. The lowest BCUT2D eigenvalue weighted by atomic mass is 10.1. The maximum absolute atomic E-state index is 13.1. The van der Waals surface area contributed by atoms with E-state index in [2.05, 4.69) is 15.7 Å². The number of aromatic nitrogens is 1. The van der Waals surface area contributed by atoms with Gasteiger partial charge in [0.1, 0.15) is 5.56 Å². The van der Waals surface area contributed by atoms with E-state index >= 15 is 0 Å². The number of benzene rings is 2. The van der Waals surface area contributed by atoms with E-state index in [4.69, 9.17) is 0 Å². The number of nitrogens with one attached hydrogen (secondary N) is 4. The Bertz CT molecular complexity index is 1140. The number of hydrazine groups is 1. The number of alkyl halides is 3. The highest BCUT2D eigenvalue weighted by Crippen LogP contribution is 2.32. The van der Waals surface area contributed by atoms with Crippen LogP contribution in [0.4, 0.5) is 23.7 Å². The highest BCUT2D eigenvalue weighted by atomic mass is 19.4. The Hall–Kier alpha value is -3.82. The van der Waals surface area contributed by atoms with Gasteiger partial charge in [0.05, 0.1) is 11.1 Å². The first-order valence-electron chi connectivity index (χ1n) is 8.32. The lowest BCUT2D eigenvalue weighted by molar-refractivity contribution is -0.136. The molecule has 0 aliphatic rings. The largest absolute Gasteiger partial charge is 0.418 e. The van der Waals surface area contributed by atoms with Crippen molar-refractivity contribution < 1.29 is 22.8 Å². The van der Waals surface area contributed by atoms with Crippen molar-refractivity contribution in [3.8, 4) is 0 Å². The van der Waals surface area contributed by atoms with E-state index in [1.807, 2.05) is 12.3 Å². The molecule has 0 aliphatic carbocycles. The van der Waals surface area contributed by atoms with Crippen molar-refractivity contribution in [1.29, 1.82) is 0 Å². The molecule has 3 rings (SSSR count). The number of rotatable bonds is 2. The number of halogens is 3. The van der Waals surface area contributed by atoms with Gasteiger partial charge in [-0.15, -0.1) is 0 Å². The fraction of sp³-hybridized carbons (Fsp3) is 0.105. The zero-order chi connectivity index (χ0) is 21.2. The number of aryl methyl sites for hydroxylation is 1. The van der Waals surface area contributed by atoms with Crippen molar-refractivity contribution in [2.24, 2.45) is 0 Å². The molecule has 0 fully saturated rings. The predicted octanol–water partition coefficient (Wildman–Crippen LogP) is 3.32. The first-order valence-corrected chi connectivity index (χ1v) is 8.32. The SMILES string of the molecule is Cc1ccc(NC(=O)NNC(=O)c2c[nH]c3c(C(F)(F)F)cccc3c2=O)cc1. The summed E-state index contributed by atoms with van der Waals surface area (Å²) in [7, 11) is 0. The molecule has 0 aliphatic heterocycles. The first-order chi connectivity index (χ1) is 13.7. The fourth-order valence-electron chi connectivity index (χ4n) is 2.64. The first kappa shape index (κ1) is 19.9. The van der Waals surface area contributed by atoms with Gasteiger partial charge in [0.25, 0.3) is 5.91 Å². The smallest absolute Gasteiger partial charge is 0.360 e. The number of aromatic amines is 1. The van der Waals surface area contributed by atoms with E-state index < -0.39 is 40.2 Å². The van der Waals surface area contributed by atoms with E-state index in [1.165, 1.54) is 6.07 Å². The molecule has 0 unspecified atom stereocenters. The van der Waals surface area contributed by atoms with Crippen LogP contribution in [0.15, 0.2) is 53.5 Å². The molecule has 0 saturated heterocycles. The van der Waals surface area contributed by atoms with Crippen LogP contribution in [0, 0.1) is 6.92 Å². The lowest BCUT2D eigenvalue weighted by Gasteiger charge is -2.11. The molecule has 1 heterocycles. The topological polar surface area (TPSA) is 103 Å². The van der Waals surface area contributed by atoms with Gasteiger partial charge < -0.3 is 10.3 Å². The summed E-state index contributed by atoms with van der Waals surface area (Å²) in [5, 5.41) is 2.17. The average molecular weight is 404 g/mol. The maximum Gasteiger partial charge on any atom is 0.418 e. The van der Waals surface area contributed by atoms with Gasteiger partial charge in [-0.2, -0.15) is 13.2 Å². The zero-order valence-electron chi connectivity index (χ0n) is 15.0. The monoisotopic (exact) mass is 404 g/mol. The van der Waals surface area contributed by atoms with Crippen LogP contribution in [0.5, 0.6) is 0 Å². The van der Waals surface area contributed by atoms with Crippen molar-refractivity contribution in [1.82, 2.24) is 15.8 Å². The lowest BCUT2D eigenvalue weighted by Crippen LogP contribution is -2.45. The Balaban J connectivity index is 1.76. The third-order valence-corrected chi connectivity index (χ3v) is 4.06. The van der Waals surface area contributed by atoms with Crippen LogP contribution in [-0.2, 0) is 6.18 Å². The van der Waals surface area contributed by atoms with Crippen molar-refractivity contribution in [2.45, 2.75) is 13.1 Å². The number of carbonyl (C=O) groups excluding carboxylic acids is 2. The van der Waals surface area contributed by atoms with Gasteiger partial charge in [0.2, 0.25) is 5.43 Å². The van der Waals surface area contributed by atoms with Gasteiger partial charge in [-0.05, 0) is 31.2 Å². The summed E-state index contributed by atoms with van der Waals surface area (Å²) in [6, 6.07) is 9.18.